The van der Waals surface area contributed by atoms with E-state index in [1.165, 1.54) is 25.8 Å². The average molecular weight is 223 g/mol. The number of likely N-dealkylation sites (tertiary alicyclic amines) is 1. The zero-order valence-electron chi connectivity index (χ0n) is 9.95. The molecule has 0 unspecified atom stereocenters. The third-order valence-electron chi connectivity index (χ3n) is 4.05. The van der Waals surface area contributed by atoms with Crippen molar-refractivity contribution in [2.45, 2.75) is 32.1 Å². The van der Waals surface area contributed by atoms with Gasteiger partial charge in [-0.15, -0.1) is 0 Å². The Bertz CT molecular complexity index is 267. The Morgan fingerprint density at radius 3 is 2.56 bits per heavy atom. The maximum Gasteiger partial charge on any atom is 0.220 e. The molecule has 0 saturated carbocycles. The summed E-state index contributed by atoms with van der Waals surface area (Å²) < 4.78 is 0. The second kappa shape index (κ2) is 5.48. The summed E-state index contributed by atoms with van der Waals surface area (Å²) in [6.07, 6.45) is 10.5. The molecule has 16 heavy (non-hydrogen) atoms. The number of carbonyl (C=O) groups excluding carboxylic acids is 1. The molecular weight excluding hydrogens is 200 g/mol. The van der Waals surface area contributed by atoms with Crippen LogP contribution in [0.3, 0.4) is 0 Å². The van der Waals surface area contributed by atoms with Crippen molar-refractivity contribution in [3.05, 3.63) is 12.2 Å². The second-order valence-corrected chi connectivity index (χ2v) is 5.28. The highest BCUT2D eigenvalue weighted by Crippen LogP contribution is 2.16. The van der Waals surface area contributed by atoms with Crippen molar-refractivity contribution in [3.8, 4) is 0 Å². The molecule has 1 saturated heterocycles. The van der Waals surface area contributed by atoms with E-state index < -0.39 is 0 Å². The average Bonchev–Trinajstić information content (AvgIpc) is 2.31. The molecule has 1 atom stereocenters. The predicted octanol–water partition coefficient (Wildman–Crippen LogP) is 0.123. The van der Waals surface area contributed by atoms with Gasteiger partial charge in [0.25, 0.3) is 0 Å². The van der Waals surface area contributed by atoms with Crippen LogP contribution in [0.1, 0.15) is 32.1 Å². The van der Waals surface area contributed by atoms with Crippen LogP contribution in [-0.2, 0) is 4.79 Å². The maximum absolute atomic E-state index is 11.1. The number of piperidine rings is 1. The summed E-state index contributed by atoms with van der Waals surface area (Å²) in [6.45, 7) is 3.55. The third-order valence-corrected chi connectivity index (χ3v) is 4.05. The van der Waals surface area contributed by atoms with Crippen molar-refractivity contribution in [1.82, 2.24) is 0 Å². The largest absolute Gasteiger partial charge is 0.369 e. The molecule has 2 rings (SSSR count). The number of quaternary nitrogens is 1. The monoisotopic (exact) mass is 223 g/mol. The SMILES string of the molecule is NC(=O)C1CC[NH+](C[C@H]2CC=CCC2)CC1. The van der Waals surface area contributed by atoms with Gasteiger partial charge in [-0.25, -0.2) is 0 Å². The van der Waals surface area contributed by atoms with Crippen LogP contribution in [0.5, 0.6) is 0 Å². The molecule has 0 radical (unpaired) electrons. The Labute approximate surface area is 97.7 Å². The molecular formula is C13H23N2O+. The molecule has 0 spiro atoms. The molecule has 1 aliphatic heterocycles. The van der Waals surface area contributed by atoms with Gasteiger partial charge in [0.1, 0.15) is 0 Å². The van der Waals surface area contributed by atoms with Gasteiger partial charge in [0.2, 0.25) is 5.91 Å². The lowest BCUT2D eigenvalue weighted by Crippen LogP contribution is -3.13. The molecule has 0 aromatic rings. The standard InChI is InChI=1S/C13H22N2O/c14-13(16)12-6-8-15(9-7-12)10-11-4-2-1-3-5-11/h1-2,11-12H,3-10H2,(H2,14,16)/p+1/t11-/m0/s1. The van der Waals surface area contributed by atoms with E-state index in [-0.39, 0.29) is 11.8 Å². The summed E-state index contributed by atoms with van der Waals surface area (Å²) in [5, 5.41) is 0. The molecule has 3 heteroatoms. The van der Waals surface area contributed by atoms with Crippen LogP contribution in [0.25, 0.3) is 0 Å². The van der Waals surface area contributed by atoms with Gasteiger partial charge in [-0.3, -0.25) is 4.79 Å². The molecule has 90 valence electrons. The van der Waals surface area contributed by atoms with Crippen LogP contribution < -0.4 is 10.6 Å². The number of rotatable bonds is 3. The fourth-order valence-electron chi connectivity index (χ4n) is 2.96. The number of hydrogen-bond donors (Lipinski definition) is 2. The van der Waals surface area contributed by atoms with Gasteiger partial charge in [0, 0.05) is 24.7 Å². The topological polar surface area (TPSA) is 47.5 Å². The third kappa shape index (κ3) is 3.08. The van der Waals surface area contributed by atoms with Crippen LogP contribution in [-0.4, -0.2) is 25.5 Å². The Kier molecular flexibility index (Phi) is 3.99. The van der Waals surface area contributed by atoms with Crippen molar-refractivity contribution >= 4 is 5.91 Å². The molecule has 2 aliphatic rings. The Balaban J connectivity index is 1.72. The number of carbonyl (C=O) groups is 1. The Morgan fingerprint density at radius 2 is 2.00 bits per heavy atom. The number of allylic oxidation sites excluding steroid dienone is 2. The Hall–Kier alpha value is -0.830. The van der Waals surface area contributed by atoms with E-state index in [4.69, 9.17) is 5.73 Å². The van der Waals surface area contributed by atoms with Gasteiger partial charge in [0.15, 0.2) is 0 Å². The van der Waals surface area contributed by atoms with Crippen LogP contribution in [0.15, 0.2) is 12.2 Å². The molecule has 0 aromatic carbocycles. The molecule has 1 fully saturated rings. The number of hydrogen-bond acceptors (Lipinski definition) is 1. The highest BCUT2D eigenvalue weighted by Gasteiger charge is 2.27. The van der Waals surface area contributed by atoms with E-state index in [2.05, 4.69) is 12.2 Å². The van der Waals surface area contributed by atoms with Crippen molar-refractivity contribution in [3.63, 3.8) is 0 Å². The van der Waals surface area contributed by atoms with Gasteiger partial charge < -0.3 is 10.6 Å². The highest BCUT2D eigenvalue weighted by atomic mass is 16.1. The van der Waals surface area contributed by atoms with Crippen molar-refractivity contribution in [2.75, 3.05) is 19.6 Å². The van der Waals surface area contributed by atoms with E-state index in [0.717, 1.165) is 31.8 Å². The van der Waals surface area contributed by atoms with Gasteiger partial charge in [0.05, 0.1) is 19.6 Å². The second-order valence-electron chi connectivity index (χ2n) is 5.28. The molecule has 0 bridgehead atoms. The first kappa shape index (κ1) is 11.6. The van der Waals surface area contributed by atoms with Crippen molar-refractivity contribution in [2.24, 2.45) is 17.6 Å². The minimum atomic E-state index is -0.0975. The van der Waals surface area contributed by atoms with Crippen LogP contribution in [0.4, 0.5) is 0 Å². The normalized spacial score (nSPS) is 34.9. The number of nitrogens with one attached hydrogen (secondary N) is 1. The molecule has 3 N–H and O–H groups in total. The summed E-state index contributed by atoms with van der Waals surface area (Å²) in [7, 11) is 0. The minimum absolute atomic E-state index is 0.0975. The Morgan fingerprint density at radius 1 is 1.25 bits per heavy atom. The molecule has 1 aliphatic carbocycles. The summed E-state index contributed by atoms with van der Waals surface area (Å²) in [5.41, 5.74) is 5.34. The first-order valence-electron chi connectivity index (χ1n) is 6.53. The van der Waals surface area contributed by atoms with E-state index in [0.29, 0.717) is 0 Å². The van der Waals surface area contributed by atoms with E-state index in [1.807, 2.05) is 0 Å². The fraction of sp³-hybridized carbons (Fsp3) is 0.769. The predicted molar refractivity (Wildman–Crippen MR) is 64.0 cm³/mol. The minimum Gasteiger partial charge on any atom is -0.369 e. The summed E-state index contributed by atoms with van der Waals surface area (Å²) in [5.74, 6) is 0.916. The van der Waals surface area contributed by atoms with Crippen LogP contribution in [0.2, 0.25) is 0 Å². The maximum atomic E-state index is 11.1. The molecule has 3 nitrogen and oxygen atoms in total. The van der Waals surface area contributed by atoms with Gasteiger partial charge in [-0.2, -0.15) is 0 Å². The molecule has 1 amide bonds. The zero-order valence-corrected chi connectivity index (χ0v) is 9.95. The van der Waals surface area contributed by atoms with Crippen LogP contribution >= 0.6 is 0 Å². The number of primary amides is 1. The smallest absolute Gasteiger partial charge is 0.220 e. The van der Waals surface area contributed by atoms with Crippen molar-refractivity contribution < 1.29 is 9.69 Å². The van der Waals surface area contributed by atoms with E-state index >= 15 is 0 Å². The summed E-state index contributed by atoms with van der Waals surface area (Å²) in [4.78, 5) is 12.7. The number of amides is 1. The lowest BCUT2D eigenvalue weighted by Gasteiger charge is -2.30. The number of nitrogens with two attached hydrogens (primary N) is 1. The van der Waals surface area contributed by atoms with Crippen molar-refractivity contribution in [1.29, 1.82) is 0 Å². The van der Waals surface area contributed by atoms with E-state index in [1.54, 1.807) is 4.90 Å². The molecule has 0 aromatic heterocycles. The lowest BCUT2D eigenvalue weighted by molar-refractivity contribution is -0.909. The fourth-order valence-corrected chi connectivity index (χ4v) is 2.96. The van der Waals surface area contributed by atoms with Crippen LogP contribution in [0, 0.1) is 11.8 Å². The lowest BCUT2D eigenvalue weighted by atomic mass is 9.91. The molecule has 1 heterocycles. The van der Waals surface area contributed by atoms with E-state index in [9.17, 15) is 4.79 Å². The quantitative estimate of drug-likeness (QED) is 0.656. The first-order valence-corrected chi connectivity index (χ1v) is 6.53. The summed E-state index contributed by atoms with van der Waals surface area (Å²) >= 11 is 0. The van der Waals surface area contributed by atoms with Gasteiger partial charge in [-0.1, -0.05) is 12.2 Å². The first-order chi connectivity index (χ1) is 7.75. The highest BCUT2D eigenvalue weighted by molar-refractivity contribution is 5.76. The van der Waals surface area contributed by atoms with Gasteiger partial charge >= 0.3 is 0 Å². The van der Waals surface area contributed by atoms with Gasteiger partial charge in [-0.05, 0) is 19.3 Å². The summed E-state index contributed by atoms with van der Waals surface area (Å²) in [6, 6.07) is 0. The zero-order chi connectivity index (χ0) is 11.4.